The van der Waals surface area contributed by atoms with Crippen molar-refractivity contribution in [1.82, 2.24) is 5.01 Å². The topological polar surface area (TPSA) is 85.0 Å². The van der Waals surface area contributed by atoms with Crippen LogP contribution in [0.25, 0.3) is 21.5 Å². The number of non-ortho nitro benzene ring substituents is 1. The van der Waals surface area contributed by atoms with Gasteiger partial charge >= 0.3 is 0 Å². The van der Waals surface area contributed by atoms with E-state index in [2.05, 4.69) is 11.2 Å². The Balaban J connectivity index is 1.69. The van der Waals surface area contributed by atoms with Crippen molar-refractivity contribution in [3.05, 3.63) is 100 Å². The van der Waals surface area contributed by atoms with Crippen LogP contribution in [0.15, 0.2) is 84.0 Å². The minimum atomic E-state index is -0.789. The maximum Gasteiger partial charge on any atom is 0.270 e. The van der Waals surface area contributed by atoms with E-state index >= 15 is 0 Å². The molecule has 5 rings (SSSR count). The minimum absolute atomic E-state index is 0.0720. The third kappa shape index (κ3) is 3.16. The number of nitro groups is 1. The first kappa shape index (κ1) is 18.7. The van der Waals surface area contributed by atoms with Gasteiger partial charge in [0, 0.05) is 30.2 Å². The van der Waals surface area contributed by atoms with Crippen LogP contribution in [0.5, 0.6) is 0 Å². The number of amides is 1. The van der Waals surface area contributed by atoms with Crippen LogP contribution in [0.2, 0.25) is 0 Å². The molecule has 4 aromatic carbocycles. The maximum absolute atomic E-state index is 12.5. The van der Waals surface area contributed by atoms with Gasteiger partial charge in [0.2, 0.25) is 18.0 Å². The fourth-order valence-electron chi connectivity index (χ4n) is 3.94. The van der Waals surface area contributed by atoms with E-state index in [1.165, 1.54) is 24.1 Å². The lowest BCUT2D eigenvalue weighted by Gasteiger charge is -2.22. The highest BCUT2D eigenvalue weighted by Gasteiger charge is 2.35. The van der Waals surface area contributed by atoms with Crippen LogP contribution in [-0.2, 0) is 9.53 Å². The molecule has 0 saturated carbocycles. The number of ether oxygens (including phenoxy) is 1. The molecule has 7 heteroatoms. The number of benzene rings is 4. The van der Waals surface area contributed by atoms with Crippen LogP contribution < -0.4 is 0 Å². The molecule has 0 spiro atoms. The van der Waals surface area contributed by atoms with Gasteiger partial charge in [-0.05, 0) is 33.7 Å². The zero-order chi connectivity index (χ0) is 21.5. The molecule has 1 aliphatic heterocycles. The lowest BCUT2D eigenvalue weighted by atomic mass is 9.95. The van der Waals surface area contributed by atoms with E-state index in [0.29, 0.717) is 5.56 Å². The number of carbonyl (C=O) groups excluding carboxylic acids is 1. The van der Waals surface area contributed by atoms with Crippen LogP contribution in [0.3, 0.4) is 0 Å². The highest BCUT2D eigenvalue weighted by molar-refractivity contribution is 6.04. The normalized spacial score (nSPS) is 15.7. The van der Waals surface area contributed by atoms with E-state index < -0.39 is 11.2 Å². The molecule has 1 aliphatic rings. The molecule has 0 aromatic heterocycles. The summed E-state index contributed by atoms with van der Waals surface area (Å²) >= 11 is 0. The maximum atomic E-state index is 12.5. The van der Waals surface area contributed by atoms with Crippen molar-refractivity contribution < 1.29 is 14.5 Å². The third-order valence-corrected chi connectivity index (χ3v) is 5.33. The summed E-state index contributed by atoms with van der Waals surface area (Å²) < 4.78 is 6.19. The lowest BCUT2D eigenvalue weighted by Crippen LogP contribution is -2.25. The van der Waals surface area contributed by atoms with Gasteiger partial charge in [0.05, 0.1) is 4.92 Å². The molecule has 0 fully saturated rings. The van der Waals surface area contributed by atoms with Gasteiger partial charge in [-0.3, -0.25) is 14.9 Å². The fourth-order valence-corrected chi connectivity index (χ4v) is 3.94. The van der Waals surface area contributed by atoms with Gasteiger partial charge in [-0.25, -0.2) is 0 Å². The first-order valence-corrected chi connectivity index (χ1v) is 9.73. The zero-order valence-corrected chi connectivity index (χ0v) is 16.6. The predicted octanol–water partition coefficient (Wildman–Crippen LogP) is 5.14. The molecule has 152 valence electrons. The smallest absolute Gasteiger partial charge is 0.270 e. The largest absolute Gasteiger partial charge is 0.446 e. The lowest BCUT2D eigenvalue weighted by molar-refractivity contribution is -0.384. The predicted molar refractivity (Wildman–Crippen MR) is 117 cm³/mol. The molecule has 7 nitrogen and oxygen atoms in total. The van der Waals surface area contributed by atoms with E-state index in [4.69, 9.17) is 4.74 Å². The van der Waals surface area contributed by atoms with Crippen LogP contribution >= 0.6 is 0 Å². The molecule has 4 aromatic rings. The summed E-state index contributed by atoms with van der Waals surface area (Å²) in [5, 5.41) is 20.8. The zero-order valence-electron chi connectivity index (χ0n) is 16.6. The summed E-state index contributed by atoms with van der Waals surface area (Å²) in [7, 11) is 0. The van der Waals surface area contributed by atoms with Crippen molar-refractivity contribution >= 4 is 39.0 Å². The molecular formula is C24H17N3O4. The summed E-state index contributed by atoms with van der Waals surface area (Å²) in [5.74, 6) is -0.122. The van der Waals surface area contributed by atoms with Crippen LogP contribution in [0.4, 0.5) is 5.69 Å². The Labute approximate surface area is 177 Å². The first-order chi connectivity index (χ1) is 15.0. The van der Waals surface area contributed by atoms with Crippen molar-refractivity contribution in [2.24, 2.45) is 5.10 Å². The molecule has 0 unspecified atom stereocenters. The van der Waals surface area contributed by atoms with Crippen LogP contribution in [0, 0.1) is 10.1 Å². The molecule has 1 amide bonds. The van der Waals surface area contributed by atoms with E-state index in [-0.39, 0.29) is 17.5 Å². The number of nitro benzene ring substituents is 1. The Morgan fingerprint density at radius 3 is 2.23 bits per heavy atom. The van der Waals surface area contributed by atoms with E-state index in [1.807, 2.05) is 48.5 Å². The average Bonchev–Trinajstić information content (AvgIpc) is 3.23. The number of fused-ring (bicyclic) bond motifs is 2. The number of carbonyl (C=O) groups is 1. The van der Waals surface area contributed by atoms with Gasteiger partial charge in [0.25, 0.3) is 5.69 Å². The molecular weight excluding hydrogens is 394 g/mol. The highest BCUT2D eigenvalue weighted by Crippen LogP contribution is 2.39. The van der Waals surface area contributed by atoms with E-state index in [9.17, 15) is 14.9 Å². The SMILES string of the molecule is CC(=O)N1N=C(c2cccc([N+](=O)[O-])c2)O[C@@H]1c1c2ccccc2cc2ccccc12. The monoisotopic (exact) mass is 411 g/mol. The second-order valence-corrected chi connectivity index (χ2v) is 7.28. The summed E-state index contributed by atoms with van der Waals surface area (Å²) in [6.45, 7) is 1.42. The van der Waals surface area contributed by atoms with Crippen molar-refractivity contribution in [3.8, 4) is 0 Å². The highest BCUT2D eigenvalue weighted by atomic mass is 16.6. The van der Waals surface area contributed by atoms with Crippen molar-refractivity contribution in [3.63, 3.8) is 0 Å². The second-order valence-electron chi connectivity index (χ2n) is 7.28. The second kappa shape index (κ2) is 7.21. The van der Waals surface area contributed by atoms with Gasteiger partial charge in [-0.15, -0.1) is 5.10 Å². The number of hydrazone groups is 1. The molecule has 0 radical (unpaired) electrons. The number of hydrogen-bond donors (Lipinski definition) is 0. The number of rotatable bonds is 3. The van der Waals surface area contributed by atoms with E-state index in [1.54, 1.807) is 12.1 Å². The Bertz CT molecular complexity index is 1340. The number of nitrogens with zero attached hydrogens (tertiary/aromatic N) is 3. The van der Waals surface area contributed by atoms with Gasteiger partial charge in [0.1, 0.15) is 0 Å². The standard InChI is InChI=1S/C24H17N3O4/c1-15(28)26-24(31-23(25-26)18-9-6-10-19(14-18)27(29)30)22-20-11-4-2-7-16(20)13-17-8-3-5-12-21(17)22/h2-14,24H,1H3/t24-/m1/s1. The Hall–Kier alpha value is -4.26. The molecule has 0 aliphatic carbocycles. The molecule has 31 heavy (non-hydrogen) atoms. The Kier molecular flexibility index (Phi) is 4.36. The summed E-state index contributed by atoms with van der Waals surface area (Å²) in [6.07, 6.45) is -0.789. The van der Waals surface area contributed by atoms with Crippen LogP contribution in [0.1, 0.15) is 24.3 Å². The van der Waals surface area contributed by atoms with Crippen molar-refractivity contribution in [1.29, 1.82) is 0 Å². The summed E-state index contributed by atoms with van der Waals surface area (Å²) in [5.41, 5.74) is 1.19. The Morgan fingerprint density at radius 2 is 1.61 bits per heavy atom. The third-order valence-electron chi connectivity index (χ3n) is 5.33. The molecule has 0 saturated heterocycles. The van der Waals surface area contributed by atoms with Crippen molar-refractivity contribution in [2.45, 2.75) is 13.2 Å². The van der Waals surface area contributed by atoms with E-state index in [0.717, 1.165) is 27.1 Å². The molecule has 1 atom stereocenters. The fraction of sp³-hybridized carbons (Fsp3) is 0.0833. The van der Waals surface area contributed by atoms with Crippen molar-refractivity contribution in [2.75, 3.05) is 0 Å². The molecule has 0 bridgehead atoms. The first-order valence-electron chi connectivity index (χ1n) is 9.73. The molecule has 1 heterocycles. The number of hydrogen-bond acceptors (Lipinski definition) is 5. The Morgan fingerprint density at radius 1 is 0.968 bits per heavy atom. The minimum Gasteiger partial charge on any atom is -0.446 e. The quantitative estimate of drug-likeness (QED) is 0.265. The van der Waals surface area contributed by atoms with Gasteiger partial charge in [-0.1, -0.05) is 54.6 Å². The van der Waals surface area contributed by atoms with Gasteiger partial charge in [0.15, 0.2) is 0 Å². The molecule has 0 N–H and O–H groups in total. The van der Waals surface area contributed by atoms with Crippen LogP contribution in [-0.4, -0.2) is 21.7 Å². The summed E-state index contributed by atoms with van der Waals surface area (Å²) in [4.78, 5) is 23.2. The van der Waals surface area contributed by atoms with Gasteiger partial charge < -0.3 is 4.74 Å². The summed E-state index contributed by atoms with van der Waals surface area (Å²) in [6, 6.07) is 23.9. The van der Waals surface area contributed by atoms with Gasteiger partial charge in [-0.2, -0.15) is 5.01 Å². The average molecular weight is 411 g/mol.